The average Bonchev–Trinajstić information content (AvgIpc) is 2.35. The molecule has 1 rings (SSSR count). The molecule has 0 aromatic heterocycles. The highest BCUT2D eigenvalue weighted by Crippen LogP contribution is 2.46. The van der Waals surface area contributed by atoms with Crippen LogP contribution < -0.4 is 0 Å². The highest BCUT2D eigenvalue weighted by atomic mass is 19.4. The number of rotatable bonds is 4. The van der Waals surface area contributed by atoms with Crippen LogP contribution in [-0.2, 0) is 4.74 Å². The van der Waals surface area contributed by atoms with Crippen molar-refractivity contribution in [2.24, 2.45) is 0 Å². The van der Waals surface area contributed by atoms with Crippen LogP contribution in [0.3, 0.4) is 0 Å². The Balaban J connectivity index is 2.78. The third-order valence-electron chi connectivity index (χ3n) is 2.30. The highest BCUT2D eigenvalue weighted by molar-refractivity contribution is 5.89. The Morgan fingerprint density at radius 3 is 1.90 bits per heavy atom. The first-order chi connectivity index (χ1) is 9.38. The zero-order valence-electron chi connectivity index (χ0n) is 9.93. The van der Waals surface area contributed by atoms with Crippen LogP contribution in [0, 0.1) is 0 Å². The van der Waals surface area contributed by atoms with Crippen LogP contribution in [0.25, 0.3) is 0 Å². The minimum absolute atomic E-state index is 0.277. The lowest BCUT2D eigenvalue weighted by Crippen LogP contribution is -2.54. The summed E-state index contributed by atoms with van der Waals surface area (Å²) in [5, 5.41) is 8.90. The summed E-state index contributed by atoms with van der Waals surface area (Å²) in [6.07, 6.45) is -6.48. The van der Waals surface area contributed by atoms with E-state index in [1.807, 2.05) is 0 Å². The molecule has 0 atom stereocenters. The SMILES string of the molecule is O=C(OCC(F)(F)C(F)(F)C(F)(F)F)c1ccc(O)cc1. The molecule has 1 aromatic carbocycles. The van der Waals surface area contributed by atoms with Gasteiger partial charge in [-0.1, -0.05) is 0 Å². The number of esters is 1. The number of phenols is 1. The third-order valence-corrected chi connectivity index (χ3v) is 2.30. The number of aromatic hydroxyl groups is 1. The van der Waals surface area contributed by atoms with E-state index in [9.17, 15) is 35.5 Å². The summed E-state index contributed by atoms with van der Waals surface area (Å²) in [5.74, 6) is -13.8. The molecule has 10 heteroatoms. The fraction of sp³-hybridized carbons (Fsp3) is 0.364. The number of hydrogen-bond acceptors (Lipinski definition) is 3. The fourth-order valence-electron chi connectivity index (χ4n) is 1.14. The van der Waals surface area contributed by atoms with Crippen molar-refractivity contribution < 1.29 is 45.4 Å². The molecule has 0 bridgehead atoms. The van der Waals surface area contributed by atoms with Crippen molar-refractivity contribution in [2.45, 2.75) is 18.0 Å². The zero-order valence-corrected chi connectivity index (χ0v) is 9.93. The summed E-state index contributed by atoms with van der Waals surface area (Å²) in [5.41, 5.74) is -0.404. The molecule has 0 aliphatic rings. The highest BCUT2D eigenvalue weighted by Gasteiger charge is 2.73. The van der Waals surface area contributed by atoms with E-state index < -0.39 is 36.2 Å². The number of benzene rings is 1. The van der Waals surface area contributed by atoms with Gasteiger partial charge in [-0.25, -0.2) is 4.79 Å². The van der Waals surface area contributed by atoms with Crippen LogP contribution in [0.1, 0.15) is 10.4 Å². The summed E-state index contributed by atoms with van der Waals surface area (Å²) in [6.45, 7) is -2.45. The molecule has 0 saturated heterocycles. The lowest BCUT2D eigenvalue weighted by atomic mass is 10.1. The Morgan fingerprint density at radius 1 is 1.00 bits per heavy atom. The molecule has 1 aromatic rings. The molecule has 0 amide bonds. The van der Waals surface area contributed by atoms with E-state index in [1.165, 1.54) is 0 Å². The number of hydrogen-bond donors (Lipinski definition) is 1. The van der Waals surface area contributed by atoms with E-state index in [1.54, 1.807) is 0 Å². The van der Waals surface area contributed by atoms with Crippen LogP contribution in [0.2, 0.25) is 0 Å². The van der Waals surface area contributed by atoms with Crippen molar-refractivity contribution in [3.05, 3.63) is 29.8 Å². The first-order valence-corrected chi connectivity index (χ1v) is 5.17. The Hall–Kier alpha value is -2.00. The standard InChI is InChI=1S/C11H7F7O3/c12-9(13,10(14,15)11(16,17)18)5-21-8(20)6-1-3-7(19)4-2-6/h1-4,19H,5H2. The summed E-state index contributed by atoms with van der Waals surface area (Å²) in [7, 11) is 0. The smallest absolute Gasteiger partial charge is 0.460 e. The van der Waals surface area contributed by atoms with Gasteiger partial charge in [-0.05, 0) is 24.3 Å². The van der Waals surface area contributed by atoms with Gasteiger partial charge < -0.3 is 9.84 Å². The second kappa shape index (κ2) is 5.41. The van der Waals surface area contributed by atoms with E-state index in [0.717, 1.165) is 24.3 Å². The number of carbonyl (C=O) groups is 1. The van der Waals surface area contributed by atoms with Gasteiger partial charge in [-0.2, -0.15) is 30.7 Å². The minimum atomic E-state index is -6.48. The topological polar surface area (TPSA) is 46.5 Å². The van der Waals surface area contributed by atoms with E-state index in [2.05, 4.69) is 4.74 Å². The molecular formula is C11H7F7O3. The number of alkyl halides is 7. The minimum Gasteiger partial charge on any atom is -0.508 e. The predicted molar refractivity (Wildman–Crippen MR) is 54.3 cm³/mol. The van der Waals surface area contributed by atoms with Gasteiger partial charge in [0.15, 0.2) is 6.61 Å². The van der Waals surface area contributed by atoms with E-state index in [-0.39, 0.29) is 5.75 Å². The van der Waals surface area contributed by atoms with Crippen LogP contribution in [0.15, 0.2) is 24.3 Å². The van der Waals surface area contributed by atoms with Crippen molar-refractivity contribution in [3.8, 4) is 5.75 Å². The van der Waals surface area contributed by atoms with Crippen LogP contribution in [0.5, 0.6) is 5.75 Å². The average molecular weight is 320 g/mol. The van der Waals surface area contributed by atoms with Crippen molar-refractivity contribution in [3.63, 3.8) is 0 Å². The first-order valence-electron chi connectivity index (χ1n) is 5.17. The molecule has 0 aliphatic heterocycles. The van der Waals surface area contributed by atoms with Gasteiger partial charge in [0.05, 0.1) is 5.56 Å². The maximum Gasteiger partial charge on any atom is 0.460 e. The molecule has 0 fully saturated rings. The van der Waals surface area contributed by atoms with Gasteiger partial charge in [-0.15, -0.1) is 0 Å². The molecule has 0 saturated carbocycles. The summed E-state index contributed by atoms with van der Waals surface area (Å²) in [4.78, 5) is 11.2. The maximum absolute atomic E-state index is 12.9. The zero-order chi connectivity index (χ0) is 16.5. The van der Waals surface area contributed by atoms with Gasteiger partial charge >= 0.3 is 24.0 Å². The fourth-order valence-corrected chi connectivity index (χ4v) is 1.14. The van der Waals surface area contributed by atoms with Gasteiger partial charge in [-0.3, -0.25) is 0 Å². The van der Waals surface area contributed by atoms with E-state index in [4.69, 9.17) is 5.11 Å². The largest absolute Gasteiger partial charge is 0.508 e. The molecule has 3 nitrogen and oxygen atoms in total. The number of ether oxygens (including phenoxy) is 1. The second-order valence-corrected chi connectivity index (χ2v) is 3.90. The Kier molecular flexibility index (Phi) is 4.40. The molecule has 21 heavy (non-hydrogen) atoms. The van der Waals surface area contributed by atoms with Gasteiger partial charge in [0.25, 0.3) is 0 Å². The van der Waals surface area contributed by atoms with Gasteiger partial charge in [0, 0.05) is 0 Å². The third kappa shape index (κ3) is 3.56. The van der Waals surface area contributed by atoms with Gasteiger partial charge in [0.1, 0.15) is 5.75 Å². The molecule has 0 radical (unpaired) electrons. The van der Waals surface area contributed by atoms with Crippen LogP contribution in [-0.4, -0.2) is 35.7 Å². The molecule has 1 N–H and O–H groups in total. The monoisotopic (exact) mass is 320 g/mol. The van der Waals surface area contributed by atoms with E-state index >= 15 is 0 Å². The van der Waals surface area contributed by atoms with Crippen LogP contribution in [0.4, 0.5) is 30.7 Å². The molecule has 0 unspecified atom stereocenters. The van der Waals surface area contributed by atoms with Crippen molar-refractivity contribution in [2.75, 3.05) is 6.61 Å². The van der Waals surface area contributed by atoms with Crippen molar-refractivity contribution in [1.29, 1.82) is 0 Å². The summed E-state index contributed by atoms with van der Waals surface area (Å²) < 4.78 is 90.0. The summed E-state index contributed by atoms with van der Waals surface area (Å²) >= 11 is 0. The maximum atomic E-state index is 12.9. The molecule has 0 spiro atoms. The lowest BCUT2D eigenvalue weighted by molar-refractivity contribution is -0.359. The molecule has 0 heterocycles. The molecular weight excluding hydrogens is 313 g/mol. The molecule has 0 aliphatic carbocycles. The quantitative estimate of drug-likeness (QED) is 0.683. The number of carbonyl (C=O) groups excluding carboxylic acids is 1. The van der Waals surface area contributed by atoms with Crippen LogP contribution >= 0.6 is 0 Å². The first kappa shape index (κ1) is 17.1. The van der Waals surface area contributed by atoms with E-state index in [0.29, 0.717) is 0 Å². The lowest BCUT2D eigenvalue weighted by Gasteiger charge is -2.27. The van der Waals surface area contributed by atoms with Gasteiger partial charge in [0.2, 0.25) is 0 Å². The Labute approximate surface area is 112 Å². The Morgan fingerprint density at radius 2 is 1.48 bits per heavy atom. The second-order valence-electron chi connectivity index (χ2n) is 3.90. The predicted octanol–water partition coefficient (Wildman–Crippen LogP) is 3.38. The van der Waals surface area contributed by atoms with Crippen molar-refractivity contribution in [1.82, 2.24) is 0 Å². The Bertz CT molecular complexity index is 508. The van der Waals surface area contributed by atoms with Crippen molar-refractivity contribution >= 4 is 5.97 Å². The normalized spacial score (nSPS) is 13.1. The number of phenolic OH excluding ortho intramolecular Hbond substituents is 1. The number of halogens is 7. The summed E-state index contributed by atoms with van der Waals surface area (Å²) in [6, 6.07) is 3.77. The molecule has 118 valence electrons.